The van der Waals surface area contributed by atoms with Crippen molar-refractivity contribution in [2.75, 3.05) is 41.0 Å². The van der Waals surface area contributed by atoms with Crippen LogP contribution in [0.5, 0.6) is 11.5 Å². The number of carbonyl (C=O) groups excluding carboxylic acids is 1. The molecule has 1 fully saturated rings. The van der Waals surface area contributed by atoms with E-state index in [1.54, 1.807) is 33.5 Å². The standard InChI is InChI=1S/C25H42N2O5/c1-25(2,32-5)14-8-6-7-11-23(28)26-20(18-27-15-9-10-16-27)24(29)19-12-13-21(30-3)22(17-19)31-4/h12-13,17,20,24,29H,6-11,14-16,18H2,1-5H3,(H,26,28)/t20-,24-/m1/s1. The third-order valence-corrected chi connectivity index (χ3v) is 6.37. The Morgan fingerprint density at radius 2 is 1.78 bits per heavy atom. The van der Waals surface area contributed by atoms with Crippen LogP contribution in [0.4, 0.5) is 0 Å². The topological polar surface area (TPSA) is 80.3 Å². The highest BCUT2D eigenvalue weighted by atomic mass is 16.5. The van der Waals surface area contributed by atoms with E-state index in [1.165, 1.54) is 0 Å². The zero-order valence-corrected chi connectivity index (χ0v) is 20.5. The molecular weight excluding hydrogens is 408 g/mol. The van der Waals surface area contributed by atoms with Gasteiger partial charge in [-0.2, -0.15) is 0 Å². The van der Waals surface area contributed by atoms with Crippen LogP contribution in [0.1, 0.15) is 70.5 Å². The molecular formula is C25H42N2O5. The molecule has 2 rings (SSSR count). The first-order valence-electron chi connectivity index (χ1n) is 11.8. The largest absolute Gasteiger partial charge is 0.493 e. The summed E-state index contributed by atoms with van der Waals surface area (Å²) in [7, 11) is 4.89. The molecule has 7 heteroatoms. The average molecular weight is 451 g/mol. The average Bonchev–Trinajstić information content (AvgIpc) is 3.30. The third-order valence-electron chi connectivity index (χ3n) is 6.37. The highest BCUT2D eigenvalue weighted by molar-refractivity contribution is 5.76. The first-order valence-corrected chi connectivity index (χ1v) is 11.8. The molecule has 0 bridgehead atoms. The van der Waals surface area contributed by atoms with E-state index in [0.29, 0.717) is 30.0 Å². The lowest BCUT2D eigenvalue weighted by Crippen LogP contribution is -2.46. The summed E-state index contributed by atoms with van der Waals surface area (Å²) in [6, 6.07) is 5.01. The number of aliphatic hydroxyl groups excluding tert-OH is 1. The van der Waals surface area contributed by atoms with Crippen molar-refractivity contribution in [3.05, 3.63) is 23.8 Å². The van der Waals surface area contributed by atoms with Crippen molar-refractivity contribution in [3.63, 3.8) is 0 Å². The summed E-state index contributed by atoms with van der Waals surface area (Å²) in [4.78, 5) is 15.0. The molecule has 1 amide bonds. The Morgan fingerprint density at radius 1 is 1.09 bits per heavy atom. The van der Waals surface area contributed by atoms with Gasteiger partial charge in [0.05, 0.1) is 25.9 Å². The molecule has 2 N–H and O–H groups in total. The van der Waals surface area contributed by atoms with Gasteiger partial charge >= 0.3 is 0 Å². The summed E-state index contributed by atoms with van der Waals surface area (Å²) < 4.78 is 16.1. The van der Waals surface area contributed by atoms with Crippen molar-refractivity contribution in [3.8, 4) is 11.5 Å². The maximum Gasteiger partial charge on any atom is 0.220 e. The van der Waals surface area contributed by atoms with Gasteiger partial charge in [0.15, 0.2) is 11.5 Å². The Balaban J connectivity index is 1.96. The van der Waals surface area contributed by atoms with E-state index in [2.05, 4.69) is 24.1 Å². The zero-order chi connectivity index (χ0) is 23.6. The first-order chi connectivity index (χ1) is 15.3. The number of unbranched alkanes of at least 4 members (excludes halogenated alkanes) is 2. The van der Waals surface area contributed by atoms with Gasteiger partial charge in [-0.25, -0.2) is 0 Å². The quantitative estimate of drug-likeness (QED) is 0.421. The molecule has 0 aliphatic carbocycles. The van der Waals surface area contributed by atoms with Crippen LogP contribution in [-0.2, 0) is 9.53 Å². The van der Waals surface area contributed by atoms with Crippen LogP contribution < -0.4 is 14.8 Å². The number of nitrogens with zero attached hydrogens (tertiary/aromatic N) is 1. The second-order valence-electron chi connectivity index (χ2n) is 9.27. The van der Waals surface area contributed by atoms with Gasteiger partial charge in [-0.3, -0.25) is 4.79 Å². The van der Waals surface area contributed by atoms with Gasteiger partial charge in [0.2, 0.25) is 5.91 Å². The molecule has 7 nitrogen and oxygen atoms in total. The van der Waals surface area contributed by atoms with Gasteiger partial charge in [-0.1, -0.05) is 18.9 Å². The minimum Gasteiger partial charge on any atom is -0.493 e. The summed E-state index contributed by atoms with van der Waals surface area (Å²) in [6.07, 6.45) is 5.75. The molecule has 0 aromatic heterocycles. The lowest BCUT2D eigenvalue weighted by Gasteiger charge is -2.29. The zero-order valence-electron chi connectivity index (χ0n) is 20.5. The second-order valence-corrected chi connectivity index (χ2v) is 9.27. The number of likely N-dealkylation sites (tertiary alicyclic amines) is 1. The van der Waals surface area contributed by atoms with Crippen LogP contribution in [0.15, 0.2) is 18.2 Å². The Labute approximate surface area is 193 Å². The van der Waals surface area contributed by atoms with Crippen molar-refractivity contribution in [1.82, 2.24) is 10.2 Å². The molecule has 182 valence electrons. The molecule has 1 aromatic carbocycles. The molecule has 0 unspecified atom stereocenters. The van der Waals surface area contributed by atoms with E-state index in [9.17, 15) is 9.90 Å². The summed E-state index contributed by atoms with van der Waals surface area (Å²) in [5.41, 5.74) is 0.584. The fraction of sp³-hybridized carbons (Fsp3) is 0.720. The maximum absolute atomic E-state index is 12.7. The summed E-state index contributed by atoms with van der Waals surface area (Å²) in [6.45, 7) is 6.79. The maximum atomic E-state index is 12.7. The summed E-state index contributed by atoms with van der Waals surface area (Å²) in [5, 5.41) is 14.2. The number of nitrogens with one attached hydrogen (secondary N) is 1. The fourth-order valence-electron chi connectivity index (χ4n) is 4.13. The van der Waals surface area contributed by atoms with Crippen molar-refractivity contribution in [2.24, 2.45) is 0 Å². The van der Waals surface area contributed by atoms with Gasteiger partial charge in [-0.15, -0.1) is 0 Å². The number of rotatable bonds is 14. The number of hydrogen-bond acceptors (Lipinski definition) is 6. The van der Waals surface area contributed by atoms with Crippen molar-refractivity contribution < 1.29 is 24.1 Å². The van der Waals surface area contributed by atoms with E-state index in [-0.39, 0.29) is 17.6 Å². The van der Waals surface area contributed by atoms with E-state index < -0.39 is 6.10 Å². The molecule has 0 saturated carbocycles. The minimum absolute atomic E-state index is 0.0141. The van der Waals surface area contributed by atoms with Crippen LogP contribution in [0.25, 0.3) is 0 Å². The number of benzene rings is 1. The van der Waals surface area contributed by atoms with Crippen molar-refractivity contribution >= 4 is 5.91 Å². The van der Waals surface area contributed by atoms with Crippen molar-refractivity contribution in [2.45, 2.75) is 76.5 Å². The van der Waals surface area contributed by atoms with E-state index in [0.717, 1.165) is 51.6 Å². The molecule has 0 radical (unpaired) electrons. The second kappa shape index (κ2) is 13.0. The molecule has 1 saturated heterocycles. The van der Waals surface area contributed by atoms with E-state index in [1.807, 2.05) is 6.07 Å². The fourth-order valence-corrected chi connectivity index (χ4v) is 4.13. The monoisotopic (exact) mass is 450 g/mol. The Bertz CT molecular complexity index is 704. The predicted octanol–water partition coefficient (Wildman–Crippen LogP) is 3.69. The predicted molar refractivity (Wildman–Crippen MR) is 126 cm³/mol. The summed E-state index contributed by atoms with van der Waals surface area (Å²) >= 11 is 0. The highest BCUT2D eigenvalue weighted by Gasteiger charge is 2.27. The Kier molecular flexibility index (Phi) is 10.7. The number of hydrogen-bond donors (Lipinski definition) is 2. The lowest BCUT2D eigenvalue weighted by molar-refractivity contribution is -0.123. The van der Waals surface area contributed by atoms with E-state index in [4.69, 9.17) is 14.2 Å². The van der Waals surface area contributed by atoms with Crippen LogP contribution in [0.3, 0.4) is 0 Å². The highest BCUT2D eigenvalue weighted by Crippen LogP contribution is 2.31. The number of methoxy groups -OCH3 is 3. The Morgan fingerprint density at radius 3 is 2.41 bits per heavy atom. The molecule has 2 atom stereocenters. The van der Waals surface area contributed by atoms with Crippen LogP contribution in [-0.4, -0.2) is 68.5 Å². The Hall–Kier alpha value is -1.83. The number of ether oxygens (including phenoxy) is 3. The molecule has 1 aliphatic heterocycles. The minimum atomic E-state index is -0.832. The normalized spacial score (nSPS) is 16.6. The SMILES string of the molecule is COc1ccc([C@@H](O)[C@@H](CN2CCCC2)NC(=O)CCCCCC(C)(C)OC)cc1OC. The van der Waals surface area contributed by atoms with Crippen LogP contribution in [0, 0.1) is 0 Å². The van der Waals surface area contributed by atoms with Gasteiger partial charge in [0, 0.05) is 20.1 Å². The molecule has 32 heavy (non-hydrogen) atoms. The number of aliphatic hydroxyl groups is 1. The van der Waals surface area contributed by atoms with Gasteiger partial charge in [-0.05, 0) is 70.3 Å². The smallest absolute Gasteiger partial charge is 0.220 e. The van der Waals surface area contributed by atoms with E-state index >= 15 is 0 Å². The molecule has 0 spiro atoms. The van der Waals surface area contributed by atoms with Crippen molar-refractivity contribution in [1.29, 1.82) is 0 Å². The molecule has 1 heterocycles. The van der Waals surface area contributed by atoms with Gasteiger partial charge in [0.1, 0.15) is 6.10 Å². The first kappa shape index (κ1) is 26.4. The van der Waals surface area contributed by atoms with Crippen LogP contribution >= 0.6 is 0 Å². The molecule has 1 aliphatic rings. The summed E-state index contributed by atoms with van der Waals surface area (Å²) in [5.74, 6) is 1.16. The number of amides is 1. The third kappa shape index (κ3) is 8.26. The lowest BCUT2D eigenvalue weighted by atomic mass is 9.99. The van der Waals surface area contributed by atoms with Gasteiger partial charge in [0.25, 0.3) is 0 Å². The number of carbonyl (C=O) groups is 1. The van der Waals surface area contributed by atoms with Gasteiger partial charge < -0.3 is 29.5 Å². The molecule has 1 aromatic rings. The van der Waals surface area contributed by atoms with Crippen LogP contribution in [0.2, 0.25) is 0 Å².